The molecule has 0 aliphatic heterocycles. The Morgan fingerprint density at radius 1 is 1.45 bits per heavy atom. The van der Waals surface area contributed by atoms with E-state index in [2.05, 4.69) is 30.0 Å². The number of hydrogen-bond acceptors (Lipinski definition) is 4. The normalized spacial score (nSPS) is 12.8. The first-order chi connectivity index (χ1) is 9.40. The molecule has 3 N–H and O–H groups in total. The molecule has 0 aromatic carbocycles. The van der Waals surface area contributed by atoms with Crippen LogP contribution in [0.3, 0.4) is 0 Å². The van der Waals surface area contributed by atoms with E-state index >= 15 is 0 Å². The van der Waals surface area contributed by atoms with Crippen LogP contribution in [-0.2, 0) is 0 Å². The van der Waals surface area contributed by atoms with Gasteiger partial charge in [-0.2, -0.15) is 5.10 Å². The van der Waals surface area contributed by atoms with Crippen LogP contribution < -0.4 is 10.6 Å². The van der Waals surface area contributed by atoms with Crippen molar-refractivity contribution in [3.05, 3.63) is 24.2 Å². The topological polar surface area (TPSA) is 83.3 Å². The summed E-state index contributed by atoms with van der Waals surface area (Å²) in [6, 6.07) is 2.07. The van der Waals surface area contributed by atoms with E-state index < -0.39 is 0 Å². The first-order valence-electron chi connectivity index (χ1n) is 6.79. The average molecular weight is 274 g/mol. The van der Waals surface area contributed by atoms with E-state index in [1.165, 1.54) is 0 Å². The number of amidine groups is 1. The maximum absolute atomic E-state index is 7.49. The number of hydrogen-bond donors (Lipinski definition) is 2. The zero-order valence-corrected chi connectivity index (χ0v) is 12.5. The second-order valence-corrected chi connectivity index (χ2v) is 5.54. The average Bonchev–Trinajstić information content (AvgIpc) is 2.82. The molecule has 20 heavy (non-hydrogen) atoms. The van der Waals surface area contributed by atoms with Crippen molar-refractivity contribution < 1.29 is 0 Å². The fraction of sp³-hybridized carbons (Fsp3) is 0.500. The zero-order chi connectivity index (χ0) is 14.9. The number of rotatable bonds is 5. The van der Waals surface area contributed by atoms with Crippen LogP contribution in [0.25, 0.3) is 5.52 Å². The van der Waals surface area contributed by atoms with Gasteiger partial charge in [0.25, 0.3) is 0 Å². The summed E-state index contributed by atoms with van der Waals surface area (Å²) >= 11 is 0. The summed E-state index contributed by atoms with van der Waals surface area (Å²) in [6.45, 7) is 6.84. The molecular weight excluding hydrogens is 252 g/mol. The SMILES string of the molecule is CC(CN(C)c1nccn2nc(C(C)C)cc12)C(=N)N. The molecule has 0 aliphatic rings. The highest BCUT2D eigenvalue weighted by molar-refractivity contribution is 5.80. The highest BCUT2D eigenvalue weighted by atomic mass is 15.3. The van der Waals surface area contributed by atoms with Crippen LogP contribution in [-0.4, -0.2) is 34.0 Å². The van der Waals surface area contributed by atoms with Gasteiger partial charge in [0.1, 0.15) is 5.52 Å². The first-order valence-corrected chi connectivity index (χ1v) is 6.79. The molecule has 6 nitrogen and oxygen atoms in total. The molecule has 2 aromatic heterocycles. The zero-order valence-electron chi connectivity index (χ0n) is 12.5. The van der Waals surface area contributed by atoms with Crippen molar-refractivity contribution in [3.8, 4) is 0 Å². The molecule has 2 heterocycles. The summed E-state index contributed by atoms with van der Waals surface area (Å²) in [5, 5.41) is 12.0. The van der Waals surface area contributed by atoms with E-state index in [-0.39, 0.29) is 11.8 Å². The van der Waals surface area contributed by atoms with Gasteiger partial charge in [-0.1, -0.05) is 20.8 Å². The molecular formula is C14H22N6. The van der Waals surface area contributed by atoms with Crippen LogP contribution in [0.4, 0.5) is 5.82 Å². The molecule has 1 unspecified atom stereocenters. The molecule has 6 heteroatoms. The van der Waals surface area contributed by atoms with Gasteiger partial charge in [-0.15, -0.1) is 0 Å². The largest absolute Gasteiger partial charge is 0.387 e. The third-order valence-corrected chi connectivity index (χ3v) is 3.42. The maximum Gasteiger partial charge on any atom is 0.154 e. The quantitative estimate of drug-likeness (QED) is 0.644. The van der Waals surface area contributed by atoms with Gasteiger partial charge >= 0.3 is 0 Å². The summed E-state index contributed by atoms with van der Waals surface area (Å²) < 4.78 is 1.85. The van der Waals surface area contributed by atoms with Gasteiger partial charge < -0.3 is 10.6 Å². The Morgan fingerprint density at radius 3 is 2.75 bits per heavy atom. The van der Waals surface area contributed by atoms with Crippen molar-refractivity contribution in [2.45, 2.75) is 26.7 Å². The fourth-order valence-electron chi connectivity index (χ4n) is 2.10. The lowest BCUT2D eigenvalue weighted by Crippen LogP contribution is -2.32. The van der Waals surface area contributed by atoms with Gasteiger partial charge in [0, 0.05) is 31.9 Å². The summed E-state index contributed by atoms with van der Waals surface area (Å²) in [4.78, 5) is 6.47. The molecule has 0 spiro atoms. The Labute approximate surface area is 119 Å². The van der Waals surface area contributed by atoms with Crippen LogP contribution in [0.1, 0.15) is 32.4 Å². The summed E-state index contributed by atoms with van der Waals surface area (Å²) in [5.41, 5.74) is 7.57. The monoisotopic (exact) mass is 274 g/mol. The molecule has 2 aromatic rings. The highest BCUT2D eigenvalue weighted by Gasteiger charge is 2.15. The predicted octanol–water partition coefficient (Wildman–Crippen LogP) is 1.86. The molecule has 0 aliphatic carbocycles. The van der Waals surface area contributed by atoms with Crippen molar-refractivity contribution in [1.82, 2.24) is 14.6 Å². The molecule has 0 saturated carbocycles. The van der Waals surface area contributed by atoms with Gasteiger partial charge in [0.15, 0.2) is 5.82 Å². The lowest BCUT2D eigenvalue weighted by Gasteiger charge is -2.22. The van der Waals surface area contributed by atoms with Crippen LogP contribution in [0.2, 0.25) is 0 Å². The molecule has 1 atom stereocenters. The standard InChI is InChI=1S/C14H22N6/c1-9(2)11-7-12-14(17-5-6-20(12)18-11)19(4)8-10(3)13(15)16/h5-7,9-10H,8H2,1-4H3,(H3,15,16). The number of nitrogens with one attached hydrogen (secondary N) is 1. The fourth-order valence-corrected chi connectivity index (χ4v) is 2.10. The van der Waals surface area contributed by atoms with Crippen LogP contribution in [0, 0.1) is 11.3 Å². The van der Waals surface area contributed by atoms with Crippen molar-refractivity contribution in [3.63, 3.8) is 0 Å². The molecule has 108 valence electrons. The van der Waals surface area contributed by atoms with Gasteiger partial charge in [0.05, 0.1) is 11.5 Å². The van der Waals surface area contributed by atoms with E-state index in [0.29, 0.717) is 12.5 Å². The number of fused-ring (bicyclic) bond motifs is 1. The van der Waals surface area contributed by atoms with Crippen molar-refractivity contribution >= 4 is 17.2 Å². The van der Waals surface area contributed by atoms with E-state index in [4.69, 9.17) is 11.1 Å². The number of nitrogens with two attached hydrogens (primary N) is 1. The van der Waals surface area contributed by atoms with Crippen LogP contribution in [0.5, 0.6) is 0 Å². The summed E-state index contributed by atoms with van der Waals surface area (Å²) in [7, 11) is 1.96. The summed E-state index contributed by atoms with van der Waals surface area (Å²) in [6.07, 6.45) is 3.60. The Morgan fingerprint density at radius 2 is 2.15 bits per heavy atom. The second kappa shape index (κ2) is 5.48. The predicted molar refractivity (Wildman–Crippen MR) is 81.4 cm³/mol. The van der Waals surface area contributed by atoms with Gasteiger partial charge in [-0.3, -0.25) is 5.41 Å². The third kappa shape index (κ3) is 2.74. The number of anilines is 1. The number of nitrogens with zero attached hydrogens (tertiary/aromatic N) is 4. The van der Waals surface area contributed by atoms with Crippen LogP contribution >= 0.6 is 0 Å². The van der Waals surface area contributed by atoms with Crippen molar-refractivity contribution in [1.29, 1.82) is 5.41 Å². The van der Waals surface area contributed by atoms with Crippen LogP contribution in [0.15, 0.2) is 18.5 Å². The highest BCUT2D eigenvalue weighted by Crippen LogP contribution is 2.22. The molecule has 0 amide bonds. The maximum atomic E-state index is 7.49. The second-order valence-electron chi connectivity index (χ2n) is 5.54. The Kier molecular flexibility index (Phi) is 3.92. The lowest BCUT2D eigenvalue weighted by molar-refractivity contribution is 0.721. The Balaban J connectivity index is 2.36. The minimum absolute atomic E-state index is 0.00505. The lowest BCUT2D eigenvalue weighted by atomic mass is 10.1. The van der Waals surface area contributed by atoms with E-state index in [1.54, 1.807) is 6.20 Å². The van der Waals surface area contributed by atoms with E-state index in [0.717, 1.165) is 17.0 Å². The Hall–Kier alpha value is -2.11. The summed E-state index contributed by atoms with van der Waals surface area (Å²) in [5.74, 6) is 1.43. The van der Waals surface area contributed by atoms with Gasteiger partial charge in [-0.25, -0.2) is 9.50 Å². The van der Waals surface area contributed by atoms with E-state index in [9.17, 15) is 0 Å². The van der Waals surface area contributed by atoms with Crippen molar-refractivity contribution in [2.24, 2.45) is 11.7 Å². The molecule has 2 rings (SSSR count). The first kappa shape index (κ1) is 14.3. The van der Waals surface area contributed by atoms with Gasteiger partial charge in [0.2, 0.25) is 0 Å². The number of aromatic nitrogens is 3. The molecule has 0 saturated heterocycles. The molecule has 0 fully saturated rings. The van der Waals surface area contributed by atoms with Gasteiger partial charge in [-0.05, 0) is 12.0 Å². The molecule has 0 bridgehead atoms. The minimum atomic E-state index is -0.00505. The Bertz CT molecular complexity index is 615. The van der Waals surface area contributed by atoms with Crippen molar-refractivity contribution in [2.75, 3.05) is 18.5 Å². The molecule has 0 radical (unpaired) electrons. The third-order valence-electron chi connectivity index (χ3n) is 3.42. The minimum Gasteiger partial charge on any atom is -0.387 e. The van der Waals surface area contributed by atoms with E-state index in [1.807, 2.05) is 29.6 Å². The smallest absolute Gasteiger partial charge is 0.154 e.